The SMILES string of the molecule is Cc1cccc(C(=O)Nc2ccn(C)n2)c1F. The number of amides is 1. The fourth-order valence-corrected chi connectivity index (χ4v) is 1.49. The number of aromatic nitrogens is 2. The van der Waals surface area contributed by atoms with Gasteiger partial charge in [-0.3, -0.25) is 9.48 Å². The number of benzene rings is 1. The van der Waals surface area contributed by atoms with Gasteiger partial charge in [0.05, 0.1) is 5.56 Å². The summed E-state index contributed by atoms with van der Waals surface area (Å²) in [5.41, 5.74) is 0.467. The Bertz CT molecular complexity index is 563. The van der Waals surface area contributed by atoms with Gasteiger partial charge in [-0.15, -0.1) is 0 Å². The fourth-order valence-electron chi connectivity index (χ4n) is 1.49. The summed E-state index contributed by atoms with van der Waals surface area (Å²) in [4.78, 5) is 11.8. The van der Waals surface area contributed by atoms with Gasteiger partial charge in [0.25, 0.3) is 5.91 Å². The van der Waals surface area contributed by atoms with Crippen LogP contribution in [0.1, 0.15) is 15.9 Å². The second-order valence-corrected chi connectivity index (χ2v) is 3.77. The molecular formula is C12H12FN3O. The van der Waals surface area contributed by atoms with Crippen LogP contribution in [-0.2, 0) is 7.05 Å². The Hall–Kier alpha value is -2.17. The Labute approximate surface area is 98.1 Å². The predicted molar refractivity (Wildman–Crippen MR) is 62.3 cm³/mol. The monoisotopic (exact) mass is 233 g/mol. The van der Waals surface area contributed by atoms with E-state index in [4.69, 9.17) is 0 Å². The number of rotatable bonds is 2. The van der Waals surface area contributed by atoms with Crippen molar-refractivity contribution < 1.29 is 9.18 Å². The molecule has 5 heteroatoms. The van der Waals surface area contributed by atoms with Gasteiger partial charge in [0, 0.05) is 19.3 Å². The van der Waals surface area contributed by atoms with Crippen molar-refractivity contribution in [3.63, 3.8) is 0 Å². The van der Waals surface area contributed by atoms with Gasteiger partial charge < -0.3 is 5.32 Å². The van der Waals surface area contributed by atoms with Crippen LogP contribution in [0.4, 0.5) is 10.2 Å². The van der Waals surface area contributed by atoms with E-state index in [0.717, 1.165) is 0 Å². The molecule has 2 rings (SSSR count). The van der Waals surface area contributed by atoms with E-state index in [1.54, 1.807) is 43.0 Å². The first kappa shape index (κ1) is 11.3. The van der Waals surface area contributed by atoms with E-state index < -0.39 is 11.7 Å². The smallest absolute Gasteiger partial charge is 0.259 e. The predicted octanol–water partition coefficient (Wildman–Crippen LogP) is 2.12. The molecule has 0 aliphatic rings. The van der Waals surface area contributed by atoms with Crippen molar-refractivity contribution in [1.82, 2.24) is 9.78 Å². The number of carbonyl (C=O) groups is 1. The van der Waals surface area contributed by atoms with Crippen LogP contribution in [0.2, 0.25) is 0 Å². The Morgan fingerprint density at radius 3 is 2.82 bits per heavy atom. The average molecular weight is 233 g/mol. The summed E-state index contributed by atoms with van der Waals surface area (Å²) in [6, 6.07) is 6.35. The molecule has 1 aromatic carbocycles. The van der Waals surface area contributed by atoms with E-state index in [2.05, 4.69) is 10.4 Å². The van der Waals surface area contributed by atoms with Gasteiger partial charge in [0.15, 0.2) is 5.82 Å². The quantitative estimate of drug-likeness (QED) is 0.863. The Balaban J connectivity index is 2.23. The van der Waals surface area contributed by atoms with Gasteiger partial charge in [0.1, 0.15) is 5.82 Å². The van der Waals surface area contributed by atoms with Crippen molar-refractivity contribution in [2.45, 2.75) is 6.92 Å². The van der Waals surface area contributed by atoms with Crippen molar-refractivity contribution in [3.05, 3.63) is 47.4 Å². The summed E-state index contributed by atoms with van der Waals surface area (Å²) in [5, 5.41) is 6.53. The van der Waals surface area contributed by atoms with Crippen LogP contribution in [0, 0.1) is 12.7 Å². The maximum atomic E-state index is 13.7. The number of hydrogen-bond donors (Lipinski definition) is 1. The molecule has 0 fully saturated rings. The highest BCUT2D eigenvalue weighted by Crippen LogP contribution is 2.13. The minimum Gasteiger partial charge on any atom is -0.305 e. The highest BCUT2D eigenvalue weighted by molar-refractivity contribution is 6.04. The van der Waals surface area contributed by atoms with Crippen molar-refractivity contribution in [2.24, 2.45) is 7.05 Å². The van der Waals surface area contributed by atoms with Crippen molar-refractivity contribution in [2.75, 3.05) is 5.32 Å². The topological polar surface area (TPSA) is 46.9 Å². The number of nitrogens with one attached hydrogen (secondary N) is 1. The highest BCUT2D eigenvalue weighted by atomic mass is 19.1. The van der Waals surface area contributed by atoms with E-state index in [9.17, 15) is 9.18 Å². The third kappa shape index (κ3) is 2.33. The third-order valence-corrected chi connectivity index (χ3v) is 2.39. The summed E-state index contributed by atoms with van der Waals surface area (Å²) >= 11 is 0. The molecule has 0 spiro atoms. The van der Waals surface area contributed by atoms with Crippen molar-refractivity contribution >= 4 is 11.7 Å². The zero-order valence-electron chi connectivity index (χ0n) is 9.57. The molecular weight excluding hydrogens is 221 g/mol. The number of anilines is 1. The first-order chi connectivity index (χ1) is 8.08. The van der Waals surface area contributed by atoms with Crippen LogP contribution < -0.4 is 5.32 Å². The lowest BCUT2D eigenvalue weighted by molar-refractivity contribution is 0.102. The molecule has 0 bridgehead atoms. The van der Waals surface area contributed by atoms with E-state index in [1.807, 2.05) is 0 Å². The Morgan fingerprint density at radius 1 is 1.41 bits per heavy atom. The fraction of sp³-hybridized carbons (Fsp3) is 0.167. The second-order valence-electron chi connectivity index (χ2n) is 3.77. The summed E-state index contributed by atoms with van der Waals surface area (Å²) < 4.78 is 15.2. The molecule has 4 nitrogen and oxygen atoms in total. The van der Waals surface area contributed by atoms with Gasteiger partial charge in [-0.2, -0.15) is 5.10 Å². The van der Waals surface area contributed by atoms with E-state index >= 15 is 0 Å². The van der Waals surface area contributed by atoms with Crippen molar-refractivity contribution in [1.29, 1.82) is 0 Å². The molecule has 1 amide bonds. The summed E-state index contributed by atoms with van der Waals surface area (Å²) in [6.45, 7) is 1.62. The molecule has 17 heavy (non-hydrogen) atoms. The van der Waals surface area contributed by atoms with Crippen LogP contribution in [0.15, 0.2) is 30.5 Å². The van der Waals surface area contributed by atoms with Gasteiger partial charge in [-0.1, -0.05) is 12.1 Å². The molecule has 88 valence electrons. The van der Waals surface area contributed by atoms with E-state index in [1.165, 1.54) is 6.07 Å². The summed E-state index contributed by atoms with van der Waals surface area (Å²) in [7, 11) is 1.74. The maximum absolute atomic E-state index is 13.7. The lowest BCUT2D eigenvalue weighted by Gasteiger charge is -2.04. The number of aryl methyl sites for hydroxylation is 2. The largest absolute Gasteiger partial charge is 0.305 e. The van der Waals surface area contributed by atoms with Crippen LogP contribution in [0.3, 0.4) is 0 Å². The van der Waals surface area contributed by atoms with Gasteiger partial charge >= 0.3 is 0 Å². The lowest BCUT2D eigenvalue weighted by atomic mass is 10.1. The normalized spacial score (nSPS) is 10.3. The summed E-state index contributed by atoms with van der Waals surface area (Å²) in [6.07, 6.45) is 1.70. The van der Waals surface area contributed by atoms with Crippen LogP contribution in [-0.4, -0.2) is 15.7 Å². The second kappa shape index (κ2) is 4.37. The standard InChI is InChI=1S/C12H12FN3O/c1-8-4-3-5-9(11(8)13)12(17)14-10-6-7-16(2)15-10/h3-7H,1-2H3,(H,14,15,17). The zero-order chi connectivity index (χ0) is 12.4. The number of halogens is 1. The minimum atomic E-state index is -0.499. The van der Waals surface area contributed by atoms with Crippen LogP contribution in [0.25, 0.3) is 0 Å². The number of hydrogen-bond acceptors (Lipinski definition) is 2. The maximum Gasteiger partial charge on any atom is 0.259 e. The molecule has 2 aromatic rings. The third-order valence-electron chi connectivity index (χ3n) is 2.39. The van der Waals surface area contributed by atoms with E-state index in [0.29, 0.717) is 11.4 Å². The molecule has 1 heterocycles. The minimum absolute atomic E-state index is 0.0238. The van der Waals surface area contributed by atoms with Crippen LogP contribution >= 0.6 is 0 Å². The van der Waals surface area contributed by atoms with Gasteiger partial charge in [0.2, 0.25) is 0 Å². The molecule has 0 unspecified atom stereocenters. The average Bonchev–Trinajstić information content (AvgIpc) is 2.68. The Kier molecular flexibility index (Phi) is 2.91. The molecule has 0 radical (unpaired) electrons. The molecule has 1 N–H and O–H groups in total. The Morgan fingerprint density at radius 2 is 2.18 bits per heavy atom. The van der Waals surface area contributed by atoms with Gasteiger partial charge in [-0.25, -0.2) is 4.39 Å². The molecule has 0 aliphatic carbocycles. The molecule has 0 aliphatic heterocycles. The highest BCUT2D eigenvalue weighted by Gasteiger charge is 2.13. The molecule has 0 saturated heterocycles. The molecule has 1 aromatic heterocycles. The number of carbonyl (C=O) groups excluding carboxylic acids is 1. The van der Waals surface area contributed by atoms with Crippen LogP contribution in [0.5, 0.6) is 0 Å². The number of nitrogens with zero attached hydrogens (tertiary/aromatic N) is 2. The molecule has 0 saturated carbocycles. The summed E-state index contributed by atoms with van der Waals surface area (Å²) in [5.74, 6) is -0.593. The van der Waals surface area contributed by atoms with E-state index in [-0.39, 0.29) is 5.56 Å². The van der Waals surface area contributed by atoms with Crippen molar-refractivity contribution in [3.8, 4) is 0 Å². The molecule has 0 atom stereocenters. The van der Waals surface area contributed by atoms with Gasteiger partial charge in [-0.05, 0) is 18.6 Å². The first-order valence-corrected chi connectivity index (χ1v) is 5.14. The zero-order valence-corrected chi connectivity index (χ0v) is 9.57. The first-order valence-electron chi connectivity index (χ1n) is 5.14. The lowest BCUT2D eigenvalue weighted by Crippen LogP contribution is -2.14.